The standard InChI is InChI=1S/C15H18N2O2S/c18-8-2-4-13-3-1-7-16-14(13)15(19)17-11-12-5-9-20-10-6-12/h1,3,7,12,18H,5-6,8-11H2,(H,17,19). The Hall–Kier alpha value is -1.51. The van der Waals surface area contributed by atoms with Crippen LogP contribution < -0.4 is 5.32 Å². The van der Waals surface area contributed by atoms with Gasteiger partial charge in [-0.2, -0.15) is 11.8 Å². The lowest BCUT2D eigenvalue weighted by molar-refractivity contribution is 0.0941. The number of rotatable bonds is 3. The number of nitrogens with one attached hydrogen (secondary N) is 1. The molecule has 0 saturated carbocycles. The van der Waals surface area contributed by atoms with E-state index in [-0.39, 0.29) is 12.5 Å². The molecule has 1 aromatic heterocycles. The van der Waals surface area contributed by atoms with Crippen LogP contribution in [0.5, 0.6) is 0 Å². The van der Waals surface area contributed by atoms with Gasteiger partial charge in [0.25, 0.3) is 5.91 Å². The third-order valence-corrected chi connectivity index (χ3v) is 4.27. The molecule has 5 heteroatoms. The zero-order valence-electron chi connectivity index (χ0n) is 11.3. The molecule has 1 aliphatic heterocycles. The van der Waals surface area contributed by atoms with Crippen molar-refractivity contribution in [2.75, 3.05) is 24.7 Å². The van der Waals surface area contributed by atoms with Crippen LogP contribution >= 0.6 is 11.8 Å². The van der Waals surface area contributed by atoms with E-state index < -0.39 is 0 Å². The maximum absolute atomic E-state index is 12.2. The molecular formula is C15H18N2O2S. The number of carbonyl (C=O) groups is 1. The van der Waals surface area contributed by atoms with Gasteiger partial charge in [-0.3, -0.25) is 4.79 Å². The van der Waals surface area contributed by atoms with Crippen molar-refractivity contribution < 1.29 is 9.90 Å². The number of thioether (sulfide) groups is 1. The molecule has 1 aliphatic rings. The lowest BCUT2D eigenvalue weighted by Gasteiger charge is -2.21. The highest BCUT2D eigenvalue weighted by atomic mass is 32.2. The molecule has 106 valence electrons. The van der Waals surface area contributed by atoms with Gasteiger partial charge >= 0.3 is 0 Å². The van der Waals surface area contributed by atoms with Crippen LogP contribution in [0.25, 0.3) is 0 Å². The number of carbonyl (C=O) groups excluding carboxylic acids is 1. The first kappa shape index (κ1) is 14.9. The Morgan fingerprint density at radius 1 is 1.50 bits per heavy atom. The van der Waals surface area contributed by atoms with Crippen LogP contribution in [0.4, 0.5) is 0 Å². The second-order valence-corrected chi connectivity index (χ2v) is 5.85. The minimum Gasteiger partial charge on any atom is -0.384 e. The molecule has 1 fully saturated rings. The Labute approximate surface area is 123 Å². The second-order valence-electron chi connectivity index (χ2n) is 4.63. The highest BCUT2D eigenvalue weighted by molar-refractivity contribution is 7.99. The van der Waals surface area contributed by atoms with Gasteiger partial charge in [0.1, 0.15) is 12.3 Å². The summed E-state index contributed by atoms with van der Waals surface area (Å²) < 4.78 is 0. The molecule has 20 heavy (non-hydrogen) atoms. The van der Waals surface area contributed by atoms with Crippen molar-refractivity contribution in [3.8, 4) is 11.8 Å². The number of hydrogen-bond acceptors (Lipinski definition) is 4. The minimum absolute atomic E-state index is 0.189. The first-order chi connectivity index (χ1) is 9.81. The molecule has 2 rings (SSSR count). The number of hydrogen-bond donors (Lipinski definition) is 2. The maximum atomic E-state index is 12.2. The van der Waals surface area contributed by atoms with Crippen LogP contribution in [0.15, 0.2) is 18.3 Å². The smallest absolute Gasteiger partial charge is 0.271 e. The molecule has 2 heterocycles. The fourth-order valence-corrected chi connectivity index (χ4v) is 3.30. The average Bonchev–Trinajstić information content (AvgIpc) is 2.52. The Morgan fingerprint density at radius 3 is 3.05 bits per heavy atom. The van der Waals surface area contributed by atoms with E-state index in [0.717, 1.165) is 12.8 Å². The van der Waals surface area contributed by atoms with Crippen molar-refractivity contribution in [1.82, 2.24) is 10.3 Å². The van der Waals surface area contributed by atoms with E-state index in [1.54, 1.807) is 18.3 Å². The number of amides is 1. The third kappa shape index (κ3) is 4.26. The fourth-order valence-electron chi connectivity index (χ4n) is 2.09. The molecule has 1 saturated heterocycles. The zero-order chi connectivity index (χ0) is 14.2. The Morgan fingerprint density at radius 2 is 2.30 bits per heavy atom. The van der Waals surface area contributed by atoms with E-state index >= 15 is 0 Å². The average molecular weight is 290 g/mol. The lowest BCUT2D eigenvalue weighted by atomic mass is 10.0. The summed E-state index contributed by atoms with van der Waals surface area (Å²) in [5, 5.41) is 11.7. The van der Waals surface area contributed by atoms with Gasteiger partial charge in [0.05, 0.1) is 5.56 Å². The van der Waals surface area contributed by atoms with Crippen LogP contribution in [0.1, 0.15) is 28.9 Å². The van der Waals surface area contributed by atoms with Crippen molar-refractivity contribution in [2.45, 2.75) is 12.8 Å². The summed E-state index contributed by atoms with van der Waals surface area (Å²) in [6.45, 7) is 0.471. The largest absolute Gasteiger partial charge is 0.384 e. The van der Waals surface area contributed by atoms with E-state index in [2.05, 4.69) is 22.1 Å². The second kappa shape index (κ2) is 7.93. The van der Waals surface area contributed by atoms with Crippen molar-refractivity contribution >= 4 is 17.7 Å². The molecule has 0 radical (unpaired) electrons. The highest BCUT2D eigenvalue weighted by Crippen LogP contribution is 2.21. The third-order valence-electron chi connectivity index (χ3n) is 3.22. The molecule has 0 aromatic carbocycles. The van der Waals surface area contributed by atoms with Crippen LogP contribution in [0.2, 0.25) is 0 Å². The number of nitrogens with zero attached hydrogens (tertiary/aromatic N) is 1. The van der Waals surface area contributed by atoms with E-state index in [9.17, 15) is 4.79 Å². The number of pyridine rings is 1. The summed E-state index contributed by atoms with van der Waals surface area (Å²) in [5.41, 5.74) is 0.886. The zero-order valence-corrected chi connectivity index (χ0v) is 12.1. The molecule has 1 amide bonds. The summed E-state index contributed by atoms with van der Waals surface area (Å²) in [7, 11) is 0. The van der Waals surface area contributed by atoms with Crippen LogP contribution in [-0.2, 0) is 0 Å². The van der Waals surface area contributed by atoms with Crippen molar-refractivity contribution in [3.63, 3.8) is 0 Å². The van der Waals surface area contributed by atoms with E-state index in [1.165, 1.54) is 11.5 Å². The van der Waals surface area contributed by atoms with Crippen molar-refractivity contribution in [2.24, 2.45) is 5.92 Å². The lowest BCUT2D eigenvalue weighted by Crippen LogP contribution is -2.32. The van der Waals surface area contributed by atoms with E-state index in [4.69, 9.17) is 5.11 Å². The van der Waals surface area contributed by atoms with Gasteiger partial charge in [-0.15, -0.1) is 0 Å². The Bertz CT molecular complexity index is 516. The van der Waals surface area contributed by atoms with E-state index in [1.807, 2.05) is 11.8 Å². The van der Waals surface area contributed by atoms with Gasteiger partial charge in [-0.1, -0.05) is 11.8 Å². The Balaban J connectivity index is 1.97. The normalized spacial score (nSPS) is 15.2. The van der Waals surface area contributed by atoms with Gasteiger partial charge < -0.3 is 10.4 Å². The summed E-state index contributed by atoms with van der Waals surface area (Å²) in [5.74, 6) is 8.04. The molecule has 4 nitrogen and oxygen atoms in total. The molecule has 0 unspecified atom stereocenters. The first-order valence-electron chi connectivity index (χ1n) is 6.72. The predicted octanol–water partition coefficient (Wildman–Crippen LogP) is 1.30. The van der Waals surface area contributed by atoms with Gasteiger partial charge in [-0.05, 0) is 42.4 Å². The van der Waals surface area contributed by atoms with E-state index in [0.29, 0.717) is 23.7 Å². The van der Waals surface area contributed by atoms with Crippen molar-refractivity contribution in [1.29, 1.82) is 0 Å². The molecule has 1 aromatic rings. The molecule has 0 bridgehead atoms. The number of aliphatic hydroxyl groups is 1. The minimum atomic E-state index is -0.226. The monoisotopic (exact) mass is 290 g/mol. The molecule has 0 atom stereocenters. The van der Waals surface area contributed by atoms with Crippen LogP contribution in [0.3, 0.4) is 0 Å². The molecule has 2 N–H and O–H groups in total. The first-order valence-corrected chi connectivity index (χ1v) is 7.87. The maximum Gasteiger partial charge on any atom is 0.271 e. The van der Waals surface area contributed by atoms with Gasteiger partial charge in [-0.25, -0.2) is 4.98 Å². The van der Waals surface area contributed by atoms with Gasteiger partial charge in [0, 0.05) is 12.7 Å². The quantitative estimate of drug-likeness (QED) is 0.824. The fraction of sp³-hybridized carbons (Fsp3) is 0.467. The van der Waals surface area contributed by atoms with Gasteiger partial charge in [0.2, 0.25) is 0 Å². The summed E-state index contributed by atoms with van der Waals surface area (Å²) >= 11 is 1.97. The summed E-state index contributed by atoms with van der Waals surface area (Å²) in [6.07, 6.45) is 3.89. The molecular weight excluding hydrogens is 272 g/mol. The van der Waals surface area contributed by atoms with Crippen molar-refractivity contribution in [3.05, 3.63) is 29.6 Å². The SMILES string of the molecule is O=C(NCC1CCSCC1)c1ncccc1C#CCO. The topological polar surface area (TPSA) is 62.2 Å². The highest BCUT2D eigenvalue weighted by Gasteiger charge is 2.16. The number of aromatic nitrogens is 1. The predicted molar refractivity (Wildman–Crippen MR) is 80.6 cm³/mol. The van der Waals surface area contributed by atoms with Crippen LogP contribution in [-0.4, -0.2) is 40.7 Å². The summed E-state index contributed by atoms with van der Waals surface area (Å²) in [6, 6.07) is 3.47. The Kier molecular flexibility index (Phi) is 5.90. The molecule has 0 spiro atoms. The van der Waals surface area contributed by atoms with Gasteiger partial charge in [0.15, 0.2) is 0 Å². The molecule has 0 aliphatic carbocycles. The van der Waals surface area contributed by atoms with Crippen LogP contribution in [0, 0.1) is 17.8 Å². The number of aliphatic hydroxyl groups excluding tert-OH is 1. The summed E-state index contributed by atoms with van der Waals surface area (Å²) in [4.78, 5) is 16.3.